The Labute approximate surface area is 339 Å². The van der Waals surface area contributed by atoms with Crippen molar-refractivity contribution in [2.75, 3.05) is 27.4 Å². The molecule has 0 bridgehead atoms. The summed E-state index contributed by atoms with van der Waals surface area (Å²) >= 11 is -0.958. The van der Waals surface area contributed by atoms with E-state index in [-0.39, 0.29) is 35.0 Å². The molecular weight excluding hydrogens is 924 g/mol. The molecule has 0 saturated heterocycles. The number of rotatable bonds is 19. The molecule has 0 spiro atoms. The van der Waals surface area contributed by atoms with Crippen molar-refractivity contribution >= 4 is 63.3 Å². The number of halogens is 1. The topological polar surface area (TPSA) is 241 Å². The Kier molecular flexibility index (Phi) is 14.4. The Hall–Kier alpha value is -2.83. The quantitative estimate of drug-likeness (QED) is 0.0394. The van der Waals surface area contributed by atoms with E-state index in [0.29, 0.717) is 58.3 Å². The standard InChI is InChI=1S/C36H47IN2O13S4/c1-26(40)12-8-9-19-36(4)30-25-28(56(50,51)52)16-18-32(30)39(37-20-10-22-53(41,42)43)34(36)14-7-5-6-13-33-35(2,3)29-24-27(55(47,48)49)15-17-31(29)38(33)21-11-23-54(44,45)46/h5-7,13-18,24-25H,8-12,19-23H2,1-4H3,(H,41,42,43)(H,44,45,46)(H,47,48,49)(H,50,51,52)/b6-5+,14-7+,33-13+. The van der Waals surface area contributed by atoms with Crippen LogP contribution in [0.2, 0.25) is 0 Å². The first-order chi connectivity index (χ1) is 25.8. The van der Waals surface area contributed by atoms with Crippen molar-refractivity contribution in [2.24, 2.45) is 0 Å². The van der Waals surface area contributed by atoms with Crippen molar-refractivity contribution in [3.05, 3.63) is 83.6 Å². The van der Waals surface area contributed by atoms with Crippen LogP contribution in [0.15, 0.2) is 82.3 Å². The van der Waals surface area contributed by atoms with Crippen LogP contribution in [-0.4, -0.2) is 88.6 Å². The van der Waals surface area contributed by atoms with E-state index < -0.39 is 84.3 Å². The van der Waals surface area contributed by atoms with Gasteiger partial charge in [-0.25, -0.2) is 0 Å². The molecule has 4 N–H and O–H groups in total. The van der Waals surface area contributed by atoms with E-state index in [1.54, 1.807) is 30.4 Å². The van der Waals surface area contributed by atoms with Gasteiger partial charge < -0.3 is 0 Å². The minimum absolute atomic E-state index is 0.0368. The third-order valence-electron chi connectivity index (χ3n) is 9.72. The Morgan fingerprint density at radius 1 is 0.768 bits per heavy atom. The number of unbranched alkanes of at least 4 members (excludes halogenated alkanes) is 1. The average Bonchev–Trinajstić information content (AvgIpc) is 3.42. The van der Waals surface area contributed by atoms with Gasteiger partial charge in [-0.2, -0.15) is 16.8 Å². The number of hydrogen-bond donors (Lipinski definition) is 4. The zero-order valence-electron chi connectivity index (χ0n) is 31.3. The van der Waals surface area contributed by atoms with E-state index in [1.165, 1.54) is 37.3 Å². The number of carbonyl (C=O) groups excluding carboxylic acids is 1. The number of anilines is 1. The van der Waals surface area contributed by atoms with E-state index in [4.69, 9.17) is 0 Å². The first kappa shape index (κ1) is 45.9. The maximum atomic E-state index is 12.2. The number of Topliss-reactive ketones (excluding diaryl/α,β-unsaturated/α-hetero) is 1. The number of nitrogens with zero attached hydrogens (tertiary/aromatic N) is 2. The van der Waals surface area contributed by atoms with Gasteiger partial charge in [-0.05, 0) is 0 Å². The molecule has 20 heteroatoms. The normalized spacial score (nSPS) is 19.5. The summed E-state index contributed by atoms with van der Waals surface area (Å²) in [5.74, 6) is -0.872. The predicted octanol–water partition coefficient (Wildman–Crippen LogP) is 2.04. The summed E-state index contributed by atoms with van der Waals surface area (Å²) < 4.78 is 135. The fourth-order valence-electron chi connectivity index (χ4n) is 6.97. The molecule has 0 saturated carbocycles. The Bertz CT molecular complexity index is 2440. The van der Waals surface area contributed by atoms with Crippen molar-refractivity contribution in [3.63, 3.8) is 0 Å². The molecule has 2 aromatic carbocycles. The van der Waals surface area contributed by atoms with Crippen molar-refractivity contribution in [1.29, 1.82) is 0 Å². The molecule has 15 nitrogen and oxygen atoms in total. The first-order valence-corrected chi connectivity index (χ1v) is 26.1. The summed E-state index contributed by atoms with van der Waals surface area (Å²) in [5.41, 5.74) is 2.40. The van der Waals surface area contributed by atoms with E-state index in [0.717, 1.165) is 5.71 Å². The van der Waals surface area contributed by atoms with Gasteiger partial charge in [0.25, 0.3) is 20.2 Å². The van der Waals surface area contributed by atoms with Gasteiger partial charge in [-0.1, -0.05) is 0 Å². The zero-order valence-corrected chi connectivity index (χ0v) is 36.7. The molecule has 56 heavy (non-hydrogen) atoms. The van der Waals surface area contributed by atoms with Crippen LogP contribution in [0.5, 0.6) is 0 Å². The fraction of sp³-hybridized carbons (Fsp3) is 0.444. The molecule has 1 atom stereocenters. The van der Waals surface area contributed by atoms with Crippen LogP contribution < -0.4 is 26.4 Å². The number of ketones is 1. The van der Waals surface area contributed by atoms with Gasteiger partial charge in [0.05, 0.1) is 0 Å². The fourth-order valence-corrected chi connectivity index (χ4v) is 12.6. The summed E-state index contributed by atoms with van der Waals surface area (Å²) in [7, 11) is -17.5. The summed E-state index contributed by atoms with van der Waals surface area (Å²) in [5, 5.41) is 0. The molecule has 4 rings (SSSR count). The molecule has 2 aliphatic rings. The van der Waals surface area contributed by atoms with E-state index in [1.807, 2.05) is 31.7 Å². The van der Waals surface area contributed by atoms with E-state index in [9.17, 15) is 56.7 Å². The van der Waals surface area contributed by atoms with Gasteiger partial charge in [0.2, 0.25) is 0 Å². The number of alkyl halides is 1. The van der Waals surface area contributed by atoms with Gasteiger partial charge in [0, 0.05) is 0 Å². The Morgan fingerprint density at radius 2 is 1.36 bits per heavy atom. The van der Waals surface area contributed by atoms with Gasteiger partial charge in [-0.3, -0.25) is 9.11 Å². The number of hydrogen-bond acceptors (Lipinski definition) is 10. The number of carbonyl (C=O) groups is 1. The molecule has 1 unspecified atom stereocenters. The van der Waals surface area contributed by atoms with Gasteiger partial charge in [-0.15, -0.1) is 0 Å². The SMILES string of the molecule is CC(=O)CCCCC1(C)C(/C=C/C=C/C=C2/N(CCCS(=O)(=O)O)c3ccc(S(=O)(=O)O)cc3C2(C)C)=[N+]([I-]CCCS(=O)(=O)O)c2ccc(S(=O)(=O)O)cc21. The van der Waals surface area contributed by atoms with Crippen molar-refractivity contribution in [2.45, 2.75) is 86.8 Å². The number of allylic oxidation sites excluding steroid dienone is 6. The first-order valence-electron chi connectivity index (χ1n) is 17.5. The summed E-state index contributed by atoms with van der Waals surface area (Å²) in [6.45, 7) is 7.32. The van der Waals surface area contributed by atoms with Crippen LogP contribution in [0.1, 0.15) is 77.3 Å². The van der Waals surface area contributed by atoms with Crippen molar-refractivity contribution in [1.82, 2.24) is 0 Å². The van der Waals surface area contributed by atoms with Gasteiger partial charge in [0.15, 0.2) is 0 Å². The van der Waals surface area contributed by atoms with Crippen LogP contribution in [0.3, 0.4) is 0 Å². The molecule has 310 valence electrons. The Balaban J connectivity index is 1.77. The summed E-state index contributed by atoms with van der Waals surface area (Å²) in [4.78, 5) is 13.0. The summed E-state index contributed by atoms with van der Waals surface area (Å²) in [6.07, 6.45) is 11.3. The number of fused-ring (bicyclic) bond motifs is 2. The molecule has 0 aliphatic carbocycles. The molecule has 2 aliphatic heterocycles. The molecule has 0 fully saturated rings. The maximum absolute atomic E-state index is 12.2. The van der Waals surface area contributed by atoms with Crippen LogP contribution in [0, 0.1) is 0 Å². The molecular formula is C36H47IN2O13S4. The van der Waals surface area contributed by atoms with E-state index >= 15 is 0 Å². The minimum atomic E-state index is -4.55. The van der Waals surface area contributed by atoms with Gasteiger partial charge in [0.1, 0.15) is 0 Å². The second-order valence-electron chi connectivity index (χ2n) is 14.4. The average molecular weight is 971 g/mol. The second-order valence-corrected chi connectivity index (χ2v) is 23.1. The predicted molar refractivity (Wildman–Crippen MR) is 208 cm³/mol. The van der Waals surface area contributed by atoms with Crippen molar-refractivity contribution in [3.8, 4) is 0 Å². The van der Waals surface area contributed by atoms with Crippen LogP contribution in [0.25, 0.3) is 0 Å². The van der Waals surface area contributed by atoms with Gasteiger partial charge >= 0.3 is 296 Å². The third kappa shape index (κ3) is 11.4. The number of benzene rings is 2. The third-order valence-corrected chi connectivity index (χ3v) is 16.0. The molecule has 0 radical (unpaired) electrons. The van der Waals surface area contributed by atoms with E-state index in [2.05, 4.69) is 2.79 Å². The van der Waals surface area contributed by atoms with Crippen LogP contribution in [0.4, 0.5) is 11.4 Å². The monoisotopic (exact) mass is 970 g/mol. The van der Waals surface area contributed by atoms with Crippen LogP contribution in [-0.2, 0) is 56.1 Å². The Morgan fingerprint density at radius 3 is 1.95 bits per heavy atom. The van der Waals surface area contributed by atoms with Crippen molar-refractivity contribution < 1.29 is 80.9 Å². The molecule has 2 aromatic rings. The zero-order chi connectivity index (χ0) is 41.9. The summed E-state index contributed by atoms with van der Waals surface area (Å²) in [6, 6.07) is 8.52. The second kappa shape index (κ2) is 17.6. The molecule has 2 heterocycles. The molecule has 0 aromatic heterocycles. The molecule has 0 amide bonds. The van der Waals surface area contributed by atoms with Crippen LogP contribution >= 0.6 is 0 Å².